The summed E-state index contributed by atoms with van der Waals surface area (Å²) in [6.07, 6.45) is 10.3. The summed E-state index contributed by atoms with van der Waals surface area (Å²) in [6.45, 7) is 2.26. The van der Waals surface area contributed by atoms with Crippen molar-refractivity contribution in [2.75, 3.05) is 7.11 Å². The van der Waals surface area contributed by atoms with Crippen LogP contribution in [-0.4, -0.2) is 7.11 Å². The first kappa shape index (κ1) is 17.5. The van der Waals surface area contributed by atoms with Crippen LogP contribution in [-0.2, 0) is 0 Å². The molecule has 2 N–H and O–H groups in total. The first-order chi connectivity index (χ1) is 9.69. The van der Waals surface area contributed by atoms with Gasteiger partial charge in [-0.05, 0) is 24.1 Å². The lowest BCUT2D eigenvalue weighted by atomic mass is 10.00. The van der Waals surface area contributed by atoms with Crippen molar-refractivity contribution in [3.8, 4) is 5.75 Å². The normalized spacial score (nSPS) is 12.4. The van der Waals surface area contributed by atoms with Gasteiger partial charge in [0.15, 0.2) is 0 Å². The molecule has 3 heteroatoms. The third-order valence-electron chi connectivity index (χ3n) is 3.73. The zero-order valence-electron chi connectivity index (χ0n) is 12.8. The molecule has 0 aliphatic rings. The molecule has 1 atom stereocenters. The lowest BCUT2D eigenvalue weighted by Gasteiger charge is -2.14. The minimum Gasteiger partial charge on any atom is -0.497 e. The molecule has 114 valence electrons. The van der Waals surface area contributed by atoms with E-state index in [1.54, 1.807) is 7.11 Å². The zero-order chi connectivity index (χ0) is 14.8. The van der Waals surface area contributed by atoms with Gasteiger partial charge in [0.1, 0.15) is 5.75 Å². The summed E-state index contributed by atoms with van der Waals surface area (Å²) in [7, 11) is 1.68. The van der Waals surface area contributed by atoms with E-state index < -0.39 is 0 Å². The molecule has 0 aliphatic heterocycles. The van der Waals surface area contributed by atoms with Crippen LogP contribution in [0.3, 0.4) is 0 Å². The van der Waals surface area contributed by atoms with Crippen molar-refractivity contribution in [2.45, 2.75) is 64.3 Å². The minimum atomic E-state index is 0.117. The molecular weight excluding hydrogens is 314 g/mol. The maximum absolute atomic E-state index is 6.28. The molecule has 1 aromatic carbocycles. The Morgan fingerprint density at radius 1 is 1.10 bits per heavy atom. The summed E-state index contributed by atoms with van der Waals surface area (Å²) in [4.78, 5) is 0. The van der Waals surface area contributed by atoms with Crippen molar-refractivity contribution in [1.29, 1.82) is 0 Å². The van der Waals surface area contributed by atoms with Crippen molar-refractivity contribution in [2.24, 2.45) is 5.73 Å². The van der Waals surface area contributed by atoms with Gasteiger partial charge in [0.2, 0.25) is 0 Å². The average molecular weight is 342 g/mol. The molecule has 0 saturated carbocycles. The van der Waals surface area contributed by atoms with E-state index >= 15 is 0 Å². The largest absolute Gasteiger partial charge is 0.497 e. The Bertz CT molecular complexity index is 381. The smallest absolute Gasteiger partial charge is 0.120 e. The van der Waals surface area contributed by atoms with Crippen LogP contribution in [0.15, 0.2) is 22.7 Å². The Hall–Kier alpha value is -0.540. The van der Waals surface area contributed by atoms with E-state index in [0.717, 1.165) is 16.6 Å². The van der Waals surface area contributed by atoms with Gasteiger partial charge in [-0.25, -0.2) is 0 Å². The predicted molar refractivity (Wildman–Crippen MR) is 90.2 cm³/mol. The second-order valence-corrected chi connectivity index (χ2v) is 6.26. The molecule has 0 aliphatic carbocycles. The Labute approximate surface area is 132 Å². The van der Waals surface area contributed by atoms with Gasteiger partial charge in [-0.1, -0.05) is 73.9 Å². The lowest BCUT2D eigenvalue weighted by molar-refractivity contribution is 0.414. The summed E-state index contributed by atoms with van der Waals surface area (Å²) < 4.78 is 6.25. The second-order valence-electron chi connectivity index (χ2n) is 5.40. The molecule has 0 saturated heterocycles. The highest BCUT2D eigenvalue weighted by Crippen LogP contribution is 2.29. The van der Waals surface area contributed by atoms with E-state index in [9.17, 15) is 0 Å². The zero-order valence-corrected chi connectivity index (χ0v) is 14.4. The summed E-state index contributed by atoms with van der Waals surface area (Å²) in [5.41, 5.74) is 7.46. The molecule has 0 aromatic heterocycles. The molecule has 0 radical (unpaired) electrons. The molecule has 2 nitrogen and oxygen atoms in total. The number of hydrogen-bond acceptors (Lipinski definition) is 2. The standard InChI is InChI=1S/C17H28BrNO/c1-3-4-5-6-7-8-9-10-17(19)15-12-11-14(20-2)13-16(15)18/h11-13,17H,3-10,19H2,1-2H3. The summed E-state index contributed by atoms with van der Waals surface area (Å²) in [6, 6.07) is 6.14. The topological polar surface area (TPSA) is 35.2 Å². The lowest BCUT2D eigenvalue weighted by Crippen LogP contribution is -2.10. The number of hydrogen-bond donors (Lipinski definition) is 1. The first-order valence-corrected chi connectivity index (χ1v) is 8.57. The van der Waals surface area contributed by atoms with Crippen LogP contribution in [0.25, 0.3) is 0 Å². The van der Waals surface area contributed by atoms with E-state index in [2.05, 4.69) is 28.9 Å². The third kappa shape index (κ3) is 6.27. The quantitative estimate of drug-likeness (QED) is 0.562. The number of rotatable bonds is 10. The van der Waals surface area contributed by atoms with Crippen LogP contribution in [0.4, 0.5) is 0 Å². The summed E-state index contributed by atoms with van der Waals surface area (Å²) in [5, 5.41) is 0. The number of benzene rings is 1. The van der Waals surface area contributed by atoms with E-state index in [1.165, 1.54) is 50.5 Å². The number of nitrogens with two attached hydrogens (primary N) is 1. The van der Waals surface area contributed by atoms with E-state index in [0.29, 0.717) is 0 Å². The Balaban J connectivity index is 2.27. The fourth-order valence-corrected chi connectivity index (χ4v) is 3.06. The highest BCUT2D eigenvalue weighted by Gasteiger charge is 2.10. The van der Waals surface area contributed by atoms with Crippen molar-refractivity contribution in [3.05, 3.63) is 28.2 Å². The highest BCUT2D eigenvalue weighted by atomic mass is 79.9. The Kier molecular flexibility index (Phi) is 8.95. The SMILES string of the molecule is CCCCCCCCCC(N)c1ccc(OC)cc1Br. The Morgan fingerprint density at radius 2 is 1.75 bits per heavy atom. The van der Waals surface area contributed by atoms with Crippen LogP contribution < -0.4 is 10.5 Å². The van der Waals surface area contributed by atoms with Gasteiger partial charge < -0.3 is 10.5 Å². The molecule has 0 fully saturated rings. The van der Waals surface area contributed by atoms with Gasteiger partial charge >= 0.3 is 0 Å². The molecule has 1 unspecified atom stereocenters. The number of methoxy groups -OCH3 is 1. The molecule has 20 heavy (non-hydrogen) atoms. The van der Waals surface area contributed by atoms with Crippen molar-refractivity contribution in [3.63, 3.8) is 0 Å². The molecule has 0 amide bonds. The van der Waals surface area contributed by atoms with Crippen LogP contribution in [0.5, 0.6) is 5.75 Å². The third-order valence-corrected chi connectivity index (χ3v) is 4.41. The molecule has 0 heterocycles. The van der Waals surface area contributed by atoms with Gasteiger partial charge in [-0.2, -0.15) is 0 Å². The number of halogens is 1. The van der Waals surface area contributed by atoms with E-state index in [-0.39, 0.29) is 6.04 Å². The van der Waals surface area contributed by atoms with Crippen molar-refractivity contribution >= 4 is 15.9 Å². The van der Waals surface area contributed by atoms with E-state index in [1.807, 2.05) is 12.1 Å². The highest BCUT2D eigenvalue weighted by molar-refractivity contribution is 9.10. The van der Waals surface area contributed by atoms with Gasteiger partial charge in [-0.3, -0.25) is 0 Å². The van der Waals surface area contributed by atoms with Gasteiger partial charge in [0.05, 0.1) is 7.11 Å². The van der Waals surface area contributed by atoms with Gasteiger partial charge in [0.25, 0.3) is 0 Å². The monoisotopic (exact) mass is 341 g/mol. The maximum atomic E-state index is 6.28. The summed E-state index contributed by atoms with van der Waals surface area (Å²) >= 11 is 3.58. The predicted octanol–water partition coefficient (Wildman–Crippen LogP) is 5.60. The van der Waals surface area contributed by atoms with Crippen LogP contribution in [0.1, 0.15) is 69.9 Å². The Morgan fingerprint density at radius 3 is 2.35 bits per heavy atom. The maximum Gasteiger partial charge on any atom is 0.120 e. The van der Waals surface area contributed by atoms with Crippen LogP contribution in [0, 0.1) is 0 Å². The van der Waals surface area contributed by atoms with Crippen LogP contribution in [0.2, 0.25) is 0 Å². The molecule has 1 aromatic rings. The molecule has 1 rings (SSSR count). The van der Waals surface area contributed by atoms with Crippen molar-refractivity contribution in [1.82, 2.24) is 0 Å². The van der Waals surface area contributed by atoms with Gasteiger partial charge in [-0.15, -0.1) is 0 Å². The molecular formula is C17H28BrNO. The number of ether oxygens (including phenoxy) is 1. The fourth-order valence-electron chi connectivity index (χ4n) is 2.41. The summed E-state index contributed by atoms with van der Waals surface area (Å²) in [5.74, 6) is 0.865. The second kappa shape index (κ2) is 10.2. The average Bonchev–Trinajstić information content (AvgIpc) is 2.45. The van der Waals surface area contributed by atoms with Crippen LogP contribution >= 0.6 is 15.9 Å². The first-order valence-electron chi connectivity index (χ1n) is 7.78. The molecule has 0 spiro atoms. The minimum absolute atomic E-state index is 0.117. The number of unbranched alkanes of at least 4 members (excludes halogenated alkanes) is 6. The van der Waals surface area contributed by atoms with Gasteiger partial charge in [0, 0.05) is 10.5 Å². The molecule has 0 bridgehead atoms. The van der Waals surface area contributed by atoms with E-state index in [4.69, 9.17) is 10.5 Å². The fraction of sp³-hybridized carbons (Fsp3) is 0.647. The van der Waals surface area contributed by atoms with Crippen molar-refractivity contribution < 1.29 is 4.74 Å².